The Morgan fingerprint density at radius 2 is 1.72 bits per heavy atom. The van der Waals surface area contributed by atoms with Crippen LogP contribution in [0, 0.1) is 0 Å². The summed E-state index contributed by atoms with van der Waals surface area (Å²) in [5.41, 5.74) is 1.01. The first-order valence-electron chi connectivity index (χ1n) is 8.77. The van der Waals surface area contributed by atoms with Crippen molar-refractivity contribution in [1.29, 1.82) is 0 Å². The van der Waals surface area contributed by atoms with E-state index in [-0.39, 0.29) is 11.9 Å². The average molecular weight is 338 g/mol. The normalized spacial score (nSPS) is 23.7. The van der Waals surface area contributed by atoms with Gasteiger partial charge in [-0.15, -0.1) is 0 Å². The third-order valence-corrected chi connectivity index (χ3v) is 5.16. The zero-order chi connectivity index (χ0) is 17.9. The van der Waals surface area contributed by atoms with Crippen LogP contribution < -0.4 is 0 Å². The molecule has 0 radical (unpaired) electrons. The number of nitrogens with zero attached hydrogens (tertiary/aromatic N) is 2. The summed E-state index contributed by atoms with van der Waals surface area (Å²) >= 11 is 0. The van der Waals surface area contributed by atoms with Crippen molar-refractivity contribution in [3.8, 4) is 0 Å². The lowest BCUT2D eigenvalue weighted by Gasteiger charge is -2.47. The Morgan fingerprint density at radius 1 is 1.12 bits per heavy atom. The Morgan fingerprint density at radius 3 is 2.32 bits per heavy atom. The van der Waals surface area contributed by atoms with E-state index >= 15 is 0 Å². The molecule has 1 N–H and O–H groups in total. The smallest absolute Gasteiger partial charge is 0.227 e. The van der Waals surface area contributed by atoms with Gasteiger partial charge in [-0.3, -0.25) is 4.79 Å². The summed E-state index contributed by atoms with van der Waals surface area (Å²) in [7, 11) is 3.92. The van der Waals surface area contributed by atoms with Gasteiger partial charge in [0.25, 0.3) is 0 Å². The van der Waals surface area contributed by atoms with E-state index in [4.69, 9.17) is 0 Å². The Labute approximate surface area is 149 Å². The monoisotopic (exact) mass is 338 g/mol. The summed E-state index contributed by atoms with van der Waals surface area (Å²) in [6.45, 7) is 1.10. The van der Waals surface area contributed by atoms with E-state index in [2.05, 4.69) is 0 Å². The topological polar surface area (TPSA) is 43.8 Å². The lowest BCUT2D eigenvalue weighted by Crippen LogP contribution is -2.60. The highest BCUT2D eigenvalue weighted by Crippen LogP contribution is 2.35. The molecule has 0 bridgehead atoms. The molecule has 25 heavy (non-hydrogen) atoms. The summed E-state index contributed by atoms with van der Waals surface area (Å²) < 4.78 is 0. The van der Waals surface area contributed by atoms with Crippen LogP contribution in [0.4, 0.5) is 0 Å². The van der Waals surface area contributed by atoms with Crippen LogP contribution in [-0.4, -0.2) is 54.0 Å². The number of likely N-dealkylation sites (tertiary alicyclic amines) is 1. The lowest BCUT2D eigenvalue weighted by atomic mass is 9.79. The maximum absolute atomic E-state index is 12.7. The van der Waals surface area contributed by atoms with Crippen molar-refractivity contribution in [2.24, 2.45) is 0 Å². The van der Waals surface area contributed by atoms with Gasteiger partial charge < -0.3 is 14.9 Å². The highest BCUT2D eigenvalue weighted by molar-refractivity contribution is 5.79. The van der Waals surface area contributed by atoms with Crippen LogP contribution in [0.5, 0.6) is 0 Å². The maximum Gasteiger partial charge on any atom is 0.227 e. The summed E-state index contributed by atoms with van der Waals surface area (Å²) in [5, 5.41) is 11.4. The van der Waals surface area contributed by atoms with Gasteiger partial charge in [0.05, 0.1) is 12.5 Å². The molecule has 1 fully saturated rings. The second-order valence-corrected chi connectivity index (χ2v) is 7.02. The Hall–Kier alpha value is -2.17. The molecule has 1 saturated heterocycles. The Balaban J connectivity index is 1.76. The predicted octanol–water partition coefficient (Wildman–Crippen LogP) is 2.28. The highest BCUT2D eigenvalue weighted by Gasteiger charge is 2.44. The molecule has 0 aromatic heterocycles. The molecular weight excluding hydrogens is 312 g/mol. The van der Waals surface area contributed by atoms with Crippen molar-refractivity contribution < 1.29 is 9.90 Å². The number of aliphatic hydroxyl groups is 1. The van der Waals surface area contributed by atoms with Crippen molar-refractivity contribution in [2.45, 2.75) is 24.5 Å². The van der Waals surface area contributed by atoms with Gasteiger partial charge in [-0.05, 0) is 31.6 Å². The molecule has 1 unspecified atom stereocenters. The fourth-order valence-electron chi connectivity index (χ4n) is 3.69. The third-order valence-electron chi connectivity index (χ3n) is 5.16. The number of rotatable bonds is 4. The summed E-state index contributed by atoms with van der Waals surface area (Å²) in [4.78, 5) is 16.6. The Bertz CT molecular complexity index is 702. The van der Waals surface area contributed by atoms with Crippen molar-refractivity contribution in [3.63, 3.8) is 0 Å². The van der Waals surface area contributed by atoms with Gasteiger partial charge in [-0.25, -0.2) is 0 Å². The molecule has 3 rings (SSSR count). The first-order valence-corrected chi connectivity index (χ1v) is 8.77. The molecule has 0 spiro atoms. The van der Waals surface area contributed by atoms with Gasteiger partial charge >= 0.3 is 0 Å². The SMILES string of the molecule is CN(C)[C@@H]1CN(C(=O)Cc2ccccc2)CCC1(O)c1ccccc1. The Kier molecular flexibility index (Phi) is 5.21. The largest absolute Gasteiger partial charge is 0.383 e. The van der Waals surface area contributed by atoms with Crippen LogP contribution in [0.25, 0.3) is 0 Å². The zero-order valence-corrected chi connectivity index (χ0v) is 14.9. The van der Waals surface area contributed by atoms with E-state index in [1.54, 1.807) is 0 Å². The van der Waals surface area contributed by atoms with Gasteiger partial charge in [0, 0.05) is 13.1 Å². The molecule has 0 saturated carbocycles. The molecule has 2 aromatic carbocycles. The number of hydrogen-bond acceptors (Lipinski definition) is 3. The first kappa shape index (κ1) is 17.6. The van der Waals surface area contributed by atoms with E-state index in [9.17, 15) is 9.90 Å². The van der Waals surface area contributed by atoms with Gasteiger partial charge in [0.1, 0.15) is 5.60 Å². The number of carbonyl (C=O) groups is 1. The molecule has 1 amide bonds. The molecule has 0 aliphatic carbocycles. The van der Waals surface area contributed by atoms with Crippen LogP contribution in [0.15, 0.2) is 60.7 Å². The van der Waals surface area contributed by atoms with Crippen LogP contribution in [0.3, 0.4) is 0 Å². The van der Waals surface area contributed by atoms with Gasteiger partial charge in [-0.2, -0.15) is 0 Å². The molecule has 1 aliphatic rings. The fraction of sp³-hybridized carbons (Fsp3) is 0.381. The second-order valence-electron chi connectivity index (χ2n) is 7.02. The minimum Gasteiger partial charge on any atom is -0.383 e. The number of piperidine rings is 1. The average Bonchev–Trinajstić information content (AvgIpc) is 2.63. The van der Waals surface area contributed by atoms with E-state index in [1.165, 1.54) is 0 Å². The first-order chi connectivity index (χ1) is 12.0. The van der Waals surface area contributed by atoms with Crippen molar-refractivity contribution >= 4 is 5.91 Å². The quantitative estimate of drug-likeness (QED) is 0.930. The summed E-state index contributed by atoms with van der Waals surface area (Å²) in [6.07, 6.45) is 0.950. The lowest BCUT2D eigenvalue weighted by molar-refractivity contribution is -0.141. The predicted molar refractivity (Wildman–Crippen MR) is 99.2 cm³/mol. The molecule has 1 aliphatic heterocycles. The van der Waals surface area contributed by atoms with Crippen LogP contribution in [-0.2, 0) is 16.8 Å². The molecule has 2 aromatic rings. The van der Waals surface area contributed by atoms with Gasteiger partial charge in [-0.1, -0.05) is 60.7 Å². The molecule has 132 valence electrons. The second kappa shape index (κ2) is 7.38. The van der Waals surface area contributed by atoms with Gasteiger partial charge in [0.15, 0.2) is 0 Å². The van der Waals surface area contributed by atoms with E-state index in [0.29, 0.717) is 25.9 Å². The molecule has 1 heterocycles. The molecule has 4 nitrogen and oxygen atoms in total. The molecule has 4 heteroatoms. The van der Waals surface area contributed by atoms with Crippen molar-refractivity contribution in [3.05, 3.63) is 71.8 Å². The number of amides is 1. The van der Waals surface area contributed by atoms with E-state index < -0.39 is 5.60 Å². The van der Waals surface area contributed by atoms with E-state index in [0.717, 1.165) is 11.1 Å². The summed E-state index contributed by atoms with van der Waals surface area (Å²) in [6, 6.07) is 19.5. The minimum atomic E-state index is -0.936. The number of carbonyl (C=O) groups excluding carboxylic acids is 1. The maximum atomic E-state index is 12.7. The standard InChI is InChI=1S/C21H26N2O2/c1-22(2)19-16-23(20(24)15-17-9-5-3-6-10-17)14-13-21(19,25)18-11-7-4-8-12-18/h3-12,19,25H,13-16H2,1-2H3/t19-,21?/m1/s1. The van der Waals surface area contributed by atoms with E-state index in [1.807, 2.05) is 84.6 Å². The number of benzene rings is 2. The highest BCUT2D eigenvalue weighted by atomic mass is 16.3. The summed E-state index contributed by atoms with van der Waals surface area (Å²) in [5.74, 6) is 0.119. The van der Waals surface area contributed by atoms with Gasteiger partial charge in [0.2, 0.25) is 5.91 Å². The number of hydrogen-bond donors (Lipinski definition) is 1. The van der Waals surface area contributed by atoms with Crippen LogP contribution in [0.2, 0.25) is 0 Å². The van der Waals surface area contributed by atoms with Crippen molar-refractivity contribution in [2.75, 3.05) is 27.2 Å². The molecular formula is C21H26N2O2. The van der Waals surface area contributed by atoms with Crippen LogP contribution in [0.1, 0.15) is 17.5 Å². The molecule has 2 atom stereocenters. The minimum absolute atomic E-state index is 0.119. The van der Waals surface area contributed by atoms with Crippen molar-refractivity contribution in [1.82, 2.24) is 9.80 Å². The number of likely N-dealkylation sites (N-methyl/N-ethyl adjacent to an activating group) is 1. The zero-order valence-electron chi connectivity index (χ0n) is 14.9. The fourth-order valence-corrected chi connectivity index (χ4v) is 3.69. The third kappa shape index (κ3) is 3.75. The van der Waals surface area contributed by atoms with Crippen LogP contribution >= 0.6 is 0 Å².